The molecule has 0 saturated heterocycles. The maximum atomic E-state index is 15.4. The first-order chi connectivity index (χ1) is 22.2. The van der Waals surface area contributed by atoms with Crippen LogP contribution in [0, 0.1) is 0 Å². The summed E-state index contributed by atoms with van der Waals surface area (Å²) < 4.78 is 17.7. The van der Waals surface area contributed by atoms with Crippen molar-refractivity contribution in [3.8, 4) is 11.1 Å². The minimum absolute atomic E-state index is 0.834. The molecule has 0 N–H and O–H groups in total. The van der Waals surface area contributed by atoms with E-state index in [9.17, 15) is 0 Å². The molecule has 9 rings (SSSR count). The Hall–Kier alpha value is -5.50. The Labute approximate surface area is 260 Å². The quantitative estimate of drug-likeness (QED) is 0.150. The lowest BCUT2D eigenvalue weighted by Crippen LogP contribution is -2.25. The first-order valence-corrected chi connectivity index (χ1v) is 16.9. The van der Waals surface area contributed by atoms with Crippen LogP contribution in [0.5, 0.6) is 0 Å². The van der Waals surface area contributed by atoms with Crippen molar-refractivity contribution < 1.29 is 4.57 Å². The zero-order valence-electron chi connectivity index (χ0n) is 24.3. The van der Waals surface area contributed by atoms with Crippen LogP contribution in [0.15, 0.2) is 164 Å². The Kier molecular flexibility index (Phi) is 5.78. The average molecular weight is 595 g/mol. The number of fused-ring (bicyclic) bond motifs is 9. The van der Waals surface area contributed by atoms with E-state index >= 15 is 4.57 Å². The van der Waals surface area contributed by atoms with Crippen molar-refractivity contribution in [2.24, 2.45) is 0 Å². The average Bonchev–Trinajstić information content (AvgIpc) is 3.52. The van der Waals surface area contributed by atoms with Crippen LogP contribution in [0.3, 0.4) is 0 Å². The van der Waals surface area contributed by atoms with Gasteiger partial charge in [0.2, 0.25) is 0 Å². The minimum Gasteiger partial charge on any atom is -0.309 e. The second-order valence-electron chi connectivity index (χ2n) is 11.5. The first-order valence-electron chi connectivity index (χ1n) is 15.2. The normalized spacial score (nSPS) is 12.1. The second-order valence-corrected chi connectivity index (χ2v) is 14.2. The fraction of sp³-hybridized carbons (Fsp3) is 0. The number of rotatable bonds is 4. The van der Waals surface area contributed by atoms with Gasteiger partial charge in [-0.3, -0.25) is 4.40 Å². The van der Waals surface area contributed by atoms with Crippen LogP contribution in [0.1, 0.15) is 0 Å². The van der Waals surface area contributed by atoms with Gasteiger partial charge in [0.15, 0.2) is 7.14 Å². The molecule has 0 aliphatic carbocycles. The molecule has 0 atom stereocenters. The van der Waals surface area contributed by atoms with E-state index in [1.165, 1.54) is 10.8 Å². The highest BCUT2D eigenvalue weighted by Crippen LogP contribution is 2.45. The van der Waals surface area contributed by atoms with Crippen molar-refractivity contribution in [1.82, 2.24) is 9.38 Å². The third-order valence-electron chi connectivity index (χ3n) is 9.05. The van der Waals surface area contributed by atoms with Crippen molar-refractivity contribution in [2.45, 2.75) is 0 Å². The van der Waals surface area contributed by atoms with Gasteiger partial charge < -0.3 is 4.57 Å². The topological polar surface area (TPSA) is 34.4 Å². The van der Waals surface area contributed by atoms with E-state index in [2.05, 4.69) is 89.3 Å². The van der Waals surface area contributed by atoms with Crippen molar-refractivity contribution >= 4 is 72.2 Å². The Bertz CT molecular complexity index is 2580. The molecular weight excluding hydrogens is 567 g/mol. The smallest absolute Gasteiger partial charge is 0.171 e. The summed E-state index contributed by atoms with van der Waals surface area (Å²) in [6.07, 6.45) is 0. The molecule has 4 heteroatoms. The summed E-state index contributed by atoms with van der Waals surface area (Å²) in [6, 6.07) is 56.0. The molecule has 2 heterocycles. The molecule has 212 valence electrons. The third-order valence-corrected chi connectivity index (χ3v) is 12.2. The molecule has 0 bridgehead atoms. The Morgan fingerprint density at radius 3 is 1.87 bits per heavy atom. The van der Waals surface area contributed by atoms with Gasteiger partial charge in [-0.1, -0.05) is 140 Å². The van der Waals surface area contributed by atoms with Gasteiger partial charge in [0.25, 0.3) is 0 Å². The van der Waals surface area contributed by atoms with Gasteiger partial charge >= 0.3 is 0 Å². The van der Waals surface area contributed by atoms with Gasteiger partial charge in [0.05, 0.1) is 16.6 Å². The molecule has 0 spiro atoms. The van der Waals surface area contributed by atoms with E-state index < -0.39 is 7.14 Å². The van der Waals surface area contributed by atoms with Crippen LogP contribution in [-0.4, -0.2) is 9.38 Å². The summed E-state index contributed by atoms with van der Waals surface area (Å²) in [5.41, 5.74) is 6.38. The second kappa shape index (κ2) is 10.0. The SMILES string of the molecule is O=P(c1ccccc1)(c1ccccc1)c1cccc2c(-c3ccc4c5ccccc5n5c6ccccc6nc5c4c3)cccc12. The summed E-state index contributed by atoms with van der Waals surface area (Å²) in [4.78, 5) is 5.13. The number of para-hydroxylation sites is 3. The van der Waals surface area contributed by atoms with Gasteiger partial charge in [0.1, 0.15) is 5.65 Å². The third kappa shape index (κ3) is 3.84. The highest BCUT2D eigenvalue weighted by atomic mass is 31.2. The summed E-state index contributed by atoms with van der Waals surface area (Å²) in [7, 11) is -3.16. The lowest BCUT2D eigenvalue weighted by atomic mass is 9.95. The first kappa shape index (κ1) is 25.9. The van der Waals surface area contributed by atoms with E-state index in [1.807, 2.05) is 78.9 Å². The summed E-state index contributed by atoms with van der Waals surface area (Å²) in [5, 5.41) is 8.08. The zero-order valence-corrected chi connectivity index (χ0v) is 25.2. The molecule has 0 saturated carbocycles. The van der Waals surface area contributed by atoms with Crippen LogP contribution in [0.4, 0.5) is 0 Å². The zero-order chi connectivity index (χ0) is 30.0. The molecule has 0 aliphatic heterocycles. The van der Waals surface area contributed by atoms with Gasteiger partial charge in [-0.05, 0) is 51.6 Å². The summed E-state index contributed by atoms with van der Waals surface area (Å²) >= 11 is 0. The van der Waals surface area contributed by atoms with Crippen molar-refractivity contribution in [2.75, 3.05) is 0 Å². The fourth-order valence-electron chi connectivity index (χ4n) is 7.00. The monoisotopic (exact) mass is 594 g/mol. The van der Waals surface area contributed by atoms with Gasteiger partial charge in [-0.2, -0.15) is 0 Å². The van der Waals surface area contributed by atoms with Gasteiger partial charge in [0, 0.05) is 26.7 Å². The predicted molar refractivity (Wildman–Crippen MR) is 190 cm³/mol. The molecule has 7 aromatic carbocycles. The van der Waals surface area contributed by atoms with Gasteiger partial charge in [-0.15, -0.1) is 0 Å². The van der Waals surface area contributed by atoms with Gasteiger partial charge in [-0.25, -0.2) is 4.98 Å². The maximum Gasteiger partial charge on any atom is 0.171 e. The predicted octanol–water partition coefficient (Wildman–Crippen LogP) is 9.25. The molecule has 0 amide bonds. The number of hydrogen-bond donors (Lipinski definition) is 0. The van der Waals surface area contributed by atoms with E-state index in [-0.39, 0.29) is 0 Å². The van der Waals surface area contributed by atoms with Crippen LogP contribution < -0.4 is 15.9 Å². The molecule has 9 aromatic rings. The van der Waals surface area contributed by atoms with E-state index in [1.54, 1.807) is 0 Å². The molecule has 0 aliphatic rings. The highest BCUT2D eigenvalue weighted by Gasteiger charge is 2.31. The van der Waals surface area contributed by atoms with Crippen LogP contribution in [0.25, 0.3) is 60.3 Å². The standard InChI is InChI=1S/C41H27N2OP/c44-45(29-13-3-1-4-14-29,30-15-5-2-6-16-30)40-24-12-19-32-31(18-11-20-35(32)40)28-25-26-33-34-17-7-9-22-38(34)43-39-23-10-8-21-37(39)42-41(43)36(33)27-28/h1-27H. The van der Waals surface area contributed by atoms with Crippen molar-refractivity contribution in [3.05, 3.63) is 164 Å². The molecule has 45 heavy (non-hydrogen) atoms. The Morgan fingerprint density at radius 2 is 1.09 bits per heavy atom. The Balaban J connectivity index is 1.33. The number of pyridine rings is 1. The van der Waals surface area contributed by atoms with Crippen LogP contribution in [0.2, 0.25) is 0 Å². The number of benzene rings is 7. The molecule has 3 nitrogen and oxygen atoms in total. The van der Waals surface area contributed by atoms with Crippen molar-refractivity contribution in [3.63, 3.8) is 0 Å². The maximum absolute atomic E-state index is 15.4. The number of aromatic nitrogens is 2. The summed E-state index contributed by atoms with van der Waals surface area (Å²) in [6.45, 7) is 0. The lowest BCUT2D eigenvalue weighted by molar-refractivity contribution is 0.592. The van der Waals surface area contributed by atoms with Crippen LogP contribution >= 0.6 is 7.14 Å². The molecule has 2 aromatic heterocycles. The van der Waals surface area contributed by atoms with E-state index in [0.717, 1.165) is 65.4 Å². The molecular formula is C41H27N2OP. The largest absolute Gasteiger partial charge is 0.309 e. The highest BCUT2D eigenvalue weighted by molar-refractivity contribution is 7.85. The number of imidazole rings is 1. The molecule has 0 radical (unpaired) electrons. The lowest BCUT2D eigenvalue weighted by Gasteiger charge is -2.22. The molecule has 0 unspecified atom stereocenters. The van der Waals surface area contributed by atoms with E-state index in [4.69, 9.17) is 4.98 Å². The van der Waals surface area contributed by atoms with E-state index in [0.29, 0.717) is 0 Å². The number of hydrogen-bond acceptors (Lipinski definition) is 2. The minimum atomic E-state index is -3.16. The van der Waals surface area contributed by atoms with Crippen LogP contribution in [-0.2, 0) is 4.57 Å². The molecule has 0 fully saturated rings. The van der Waals surface area contributed by atoms with Crippen molar-refractivity contribution in [1.29, 1.82) is 0 Å². The fourth-order valence-corrected chi connectivity index (χ4v) is 9.87. The number of nitrogens with zero attached hydrogens (tertiary/aromatic N) is 2. The Morgan fingerprint density at radius 1 is 0.467 bits per heavy atom. The summed E-state index contributed by atoms with van der Waals surface area (Å²) in [5.74, 6) is 0.